The third-order valence-corrected chi connectivity index (χ3v) is 4.32. The number of non-ortho nitro benzene ring substituents is 1. The normalized spacial score (nSPS) is 10.9. The van der Waals surface area contributed by atoms with Crippen LogP contribution in [0.2, 0.25) is 0 Å². The van der Waals surface area contributed by atoms with Crippen molar-refractivity contribution in [1.29, 1.82) is 0 Å². The summed E-state index contributed by atoms with van der Waals surface area (Å²) in [6.07, 6.45) is 1.69. The van der Waals surface area contributed by atoms with Crippen molar-refractivity contribution in [2.45, 2.75) is 0 Å². The molecule has 24 heavy (non-hydrogen) atoms. The number of nitrogens with one attached hydrogen (secondary N) is 1. The zero-order chi connectivity index (χ0) is 16.9. The number of hydrogen-bond acceptors (Lipinski definition) is 6. The van der Waals surface area contributed by atoms with Gasteiger partial charge in [0.05, 0.1) is 16.8 Å². The first-order valence-corrected chi connectivity index (χ1v) is 8.54. The van der Waals surface area contributed by atoms with E-state index in [1.54, 1.807) is 18.3 Å². The minimum atomic E-state index is -0.419. The highest BCUT2D eigenvalue weighted by molar-refractivity contribution is 9.10. The molecule has 0 aliphatic carbocycles. The monoisotopic (exact) mass is 402 g/mol. The van der Waals surface area contributed by atoms with Gasteiger partial charge in [-0.05, 0) is 17.7 Å². The van der Waals surface area contributed by atoms with Crippen molar-refractivity contribution < 1.29 is 4.92 Å². The molecule has 0 atom stereocenters. The van der Waals surface area contributed by atoms with Crippen molar-refractivity contribution in [3.05, 3.63) is 74.1 Å². The topological polar surface area (TPSA) is 80.4 Å². The van der Waals surface area contributed by atoms with E-state index in [0.717, 1.165) is 10.0 Å². The Balaban J connectivity index is 1.72. The van der Waals surface area contributed by atoms with Crippen molar-refractivity contribution in [2.24, 2.45) is 5.10 Å². The number of nitrogens with zero attached hydrogens (tertiary/aromatic N) is 3. The number of benzene rings is 2. The molecular weight excluding hydrogens is 392 g/mol. The van der Waals surface area contributed by atoms with Crippen LogP contribution >= 0.6 is 27.3 Å². The predicted octanol–water partition coefficient (Wildman–Crippen LogP) is 4.93. The molecule has 0 bridgehead atoms. The van der Waals surface area contributed by atoms with Gasteiger partial charge in [0.25, 0.3) is 5.69 Å². The van der Waals surface area contributed by atoms with E-state index in [-0.39, 0.29) is 5.69 Å². The third-order valence-electron chi connectivity index (χ3n) is 3.08. The minimum absolute atomic E-state index is 0.0442. The number of rotatable bonds is 5. The highest BCUT2D eigenvalue weighted by atomic mass is 79.9. The van der Waals surface area contributed by atoms with Gasteiger partial charge < -0.3 is 0 Å². The molecule has 0 saturated heterocycles. The van der Waals surface area contributed by atoms with Crippen molar-refractivity contribution >= 4 is 44.3 Å². The molecule has 0 aliphatic heterocycles. The van der Waals surface area contributed by atoms with Gasteiger partial charge in [-0.3, -0.25) is 15.5 Å². The molecular formula is C16H11BrN4O2S. The average Bonchev–Trinajstić information content (AvgIpc) is 3.04. The van der Waals surface area contributed by atoms with E-state index >= 15 is 0 Å². The Morgan fingerprint density at radius 2 is 2.08 bits per heavy atom. The van der Waals surface area contributed by atoms with E-state index in [1.807, 2.05) is 29.6 Å². The Hall–Kier alpha value is -2.58. The summed E-state index contributed by atoms with van der Waals surface area (Å²) in [6, 6.07) is 14.1. The molecule has 120 valence electrons. The molecule has 3 rings (SSSR count). The summed E-state index contributed by atoms with van der Waals surface area (Å²) in [7, 11) is 0. The van der Waals surface area contributed by atoms with Crippen LogP contribution in [0, 0.1) is 10.1 Å². The smallest absolute Gasteiger partial charge is 0.258 e. The lowest BCUT2D eigenvalue weighted by molar-refractivity contribution is -0.384. The summed E-state index contributed by atoms with van der Waals surface area (Å²) >= 11 is 4.79. The van der Waals surface area contributed by atoms with Gasteiger partial charge in [-0.15, -0.1) is 11.3 Å². The van der Waals surface area contributed by atoms with Gasteiger partial charge in [-0.2, -0.15) is 5.10 Å². The third kappa shape index (κ3) is 4.03. The molecule has 0 radical (unpaired) electrons. The zero-order valence-corrected chi connectivity index (χ0v) is 14.6. The number of thiazole rings is 1. The summed E-state index contributed by atoms with van der Waals surface area (Å²) in [6.45, 7) is 0. The van der Waals surface area contributed by atoms with E-state index < -0.39 is 4.92 Å². The first-order chi connectivity index (χ1) is 11.6. The van der Waals surface area contributed by atoms with Gasteiger partial charge >= 0.3 is 0 Å². The molecule has 0 aliphatic rings. The highest BCUT2D eigenvalue weighted by Gasteiger charge is 2.09. The first-order valence-electron chi connectivity index (χ1n) is 6.87. The van der Waals surface area contributed by atoms with Gasteiger partial charge in [0.1, 0.15) is 0 Å². The molecule has 6 nitrogen and oxygen atoms in total. The van der Waals surface area contributed by atoms with Gasteiger partial charge in [-0.1, -0.05) is 40.2 Å². The fourth-order valence-corrected chi connectivity index (χ4v) is 3.07. The Morgan fingerprint density at radius 3 is 2.88 bits per heavy atom. The molecule has 2 aromatic carbocycles. The molecule has 0 unspecified atom stereocenters. The number of aromatic nitrogens is 1. The average molecular weight is 403 g/mol. The van der Waals surface area contributed by atoms with Gasteiger partial charge in [0, 0.05) is 27.5 Å². The predicted molar refractivity (Wildman–Crippen MR) is 99.6 cm³/mol. The second-order valence-electron chi connectivity index (χ2n) is 4.77. The van der Waals surface area contributed by atoms with Crippen LogP contribution in [0.1, 0.15) is 5.56 Å². The lowest BCUT2D eigenvalue weighted by Gasteiger charge is -1.97. The Labute approximate surface area is 150 Å². The number of halogens is 1. The van der Waals surface area contributed by atoms with E-state index in [2.05, 4.69) is 31.4 Å². The quantitative estimate of drug-likeness (QED) is 0.372. The van der Waals surface area contributed by atoms with Gasteiger partial charge in [-0.25, -0.2) is 4.98 Å². The van der Waals surface area contributed by atoms with Crippen LogP contribution in [-0.4, -0.2) is 16.1 Å². The minimum Gasteiger partial charge on any atom is -0.258 e. The largest absolute Gasteiger partial charge is 0.270 e. The van der Waals surface area contributed by atoms with Crippen molar-refractivity contribution in [1.82, 2.24) is 4.98 Å². The number of nitro groups is 1. The maximum atomic E-state index is 10.8. The van der Waals surface area contributed by atoms with Crippen LogP contribution in [0.3, 0.4) is 0 Å². The van der Waals surface area contributed by atoms with E-state index in [1.165, 1.54) is 23.5 Å². The van der Waals surface area contributed by atoms with Crippen molar-refractivity contribution in [2.75, 3.05) is 5.43 Å². The van der Waals surface area contributed by atoms with Crippen molar-refractivity contribution in [3.8, 4) is 11.3 Å². The molecule has 3 aromatic rings. The molecule has 1 heterocycles. The molecule has 0 spiro atoms. The number of nitro benzene ring substituents is 1. The fourth-order valence-electron chi connectivity index (χ4n) is 1.99. The molecule has 1 aromatic heterocycles. The van der Waals surface area contributed by atoms with E-state index in [0.29, 0.717) is 16.4 Å². The Morgan fingerprint density at radius 1 is 1.25 bits per heavy atom. The fraction of sp³-hybridized carbons (Fsp3) is 0. The summed E-state index contributed by atoms with van der Waals surface area (Å²) in [5.41, 5.74) is 5.23. The summed E-state index contributed by atoms with van der Waals surface area (Å²) in [4.78, 5) is 14.8. The van der Waals surface area contributed by atoms with Crippen LogP contribution in [-0.2, 0) is 0 Å². The second kappa shape index (κ2) is 7.33. The standard InChI is InChI=1S/C16H11BrN4O2S/c17-13-5-1-3-11(7-13)9-18-20-16-19-15(10-24-16)12-4-2-6-14(8-12)21(22)23/h1-10H,(H,19,20)/b18-9+. The van der Waals surface area contributed by atoms with E-state index in [4.69, 9.17) is 0 Å². The summed E-state index contributed by atoms with van der Waals surface area (Å²) in [5.74, 6) is 0. The van der Waals surface area contributed by atoms with Gasteiger partial charge in [0.15, 0.2) is 0 Å². The lowest BCUT2D eigenvalue weighted by Crippen LogP contribution is -1.91. The van der Waals surface area contributed by atoms with Crippen LogP contribution in [0.25, 0.3) is 11.3 Å². The second-order valence-corrected chi connectivity index (χ2v) is 6.54. The van der Waals surface area contributed by atoms with E-state index in [9.17, 15) is 10.1 Å². The zero-order valence-electron chi connectivity index (χ0n) is 12.2. The maximum Gasteiger partial charge on any atom is 0.270 e. The van der Waals surface area contributed by atoms with Crippen molar-refractivity contribution in [3.63, 3.8) is 0 Å². The Bertz CT molecular complexity index is 910. The highest BCUT2D eigenvalue weighted by Crippen LogP contribution is 2.27. The van der Waals surface area contributed by atoms with Crippen LogP contribution < -0.4 is 5.43 Å². The molecule has 1 N–H and O–H groups in total. The number of anilines is 1. The molecule has 0 fully saturated rings. The first kappa shape index (κ1) is 16.3. The molecule has 8 heteroatoms. The van der Waals surface area contributed by atoms with Crippen LogP contribution in [0.4, 0.5) is 10.8 Å². The lowest BCUT2D eigenvalue weighted by atomic mass is 10.1. The Kier molecular flexibility index (Phi) is 4.97. The number of hydrazone groups is 1. The SMILES string of the molecule is O=[N+]([O-])c1cccc(-c2csc(N/N=C/c3cccc(Br)c3)n2)c1. The van der Waals surface area contributed by atoms with Crippen LogP contribution in [0.15, 0.2) is 63.5 Å². The van der Waals surface area contributed by atoms with Gasteiger partial charge in [0.2, 0.25) is 5.13 Å². The maximum absolute atomic E-state index is 10.8. The number of hydrogen-bond donors (Lipinski definition) is 1. The summed E-state index contributed by atoms with van der Waals surface area (Å²) in [5, 5.41) is 17.4. The molecule has 0 amide bonds. The molecule has 0 saturated carbocycles. The van der Waals surface area contributed by atoms with Crippen LogP contribution in [0.5, 0.6) is 0 Å². The summed E-state index contributed by atoms with van der Waals surface area (Å²) < 4.78 is 0.980.